The lowest BCUT2D eigenvalue weighted by Crippen LogP contribution is -2.20. The lowest BCUT2D eigenvalue weighted by atomic mass is 9.86. The molecule has 0 saturated heterocycles. The van der Waals surface area contributed by atoms with Gasteiger partial charge >= 0.3 is 0 Å². The van der Waals surface area contributed by atoms with E-state index in [1.807, 2.05) is 34.6 Å². The lowest BCUT2D eigenvalue weighted by Gasteiger charge is -2.21. The first-order chi connectivity index (χ1) is 6.75. The molecule has 0 amide bonds. The maximum Gasteiger partial charge on any atom is 0.164 e. The molecule has 0 aliphatic heterocycles. The van der Waals surface area contributed by atoms with Crippen molar-refractivity contribution in [3.63, 3.8) is 0 Å². The van der Waals surface area contributed by atoms with Gasteiger partial charge in [0, 0.05) is 16.9 Å². The third-order valence-corrected chi connectivity index (χ3v) is 2.79. The SMILES string of the molecule is CCC(CC)C(=O)/C(C)=C(\O)C(C)(C)C. The average Bonchev–Trinajstić information content (AvgIpc) is 2.15. The van der Waals surface area contributed by atoms with Crippen LogP contribution in [0.1, 0.15) is 54.4 Å². The minimum atomic E-state index is -0.341. The first kappa shape index (κ1) is 14.2. The van der Waals surface area contributed by atoms with Crippen molar-refractivity contribution in [2.45, 2.75) is 54.4 Å². The smallest absolute Gasteiger partial charge is 0.164 e. The number of allylic oxidation sites excluding steroid dienone is 2. The Hall–Kier alpha value is -0.790. The van der Waals surface area contributed by atoms with Gasteiger partial charge in [-0.25, -0.2) is 0 Å². The third kappa shape index (κ3) is 3.69. The molecular formula is C13H24O2. The third-order valence-electron chi connectivity index (χ3n) is 2.79. The zero-order chi connectivity index (χ0) is 12.2. The summed E-state index contributed by atoms with van der Waals surface area (Å²) in [5, 5.41) is 9.92. The van der Waals surface area contributed by atoms with Gasteiger partial charge in [-0.2, -0.15) is 0 Å². The van der Waals surface area contributed by atoms with E-state index in [9.17, 15) is 9.90 Å². The van der Waals surface area contributed by atoms with Gasteiger partial charge in [0.25, 0.3) is 0 Å². The number of carbonyl (C=O) groups is 1. The Kier molecular flexibility index (Phi) is 5.06. The molecule has 0 radical (unpaired) electrons. The number of carbonyl (C=O) groups excluding carboxylic acids is 1. The first-order valence-electron chi connectivity index (χ1n) is 5.70. The van der Waals surface area contributed by atoms with Crippen LogP contribution in [0.4, 0.5) is 0 Å². The molecule has 0 aromatic carbocycles. The largest absolute Gasteiger partial charge is 0.511 e. The van der Waals surface area contributed by atoms with E-state index in [0.717, 1.165) is 12.8 Å². The summed E-state index contributed by atoms with van der Waals surface area (Å²) in [7, 11) is 0. The highest BCUT2D eigenvalue weighted by Crippen LogP contribution is 2.27. The van der Waals surface area contributed by atoms with Crippen molar-refractivity contribution < 1.29 is 9.90 Å². The molecule has 0 saturated carbocycles. The molecule has 88 valence electrons. The maximum absolute atomic E-state index is 12.0. The summed E-state index contributed by atoms with van der Waals surface area (Å²) in [5.41, 5.74) is 0.183. The van der Waals surface area contributed by atoms with Crippen LogP contribution in [-0.4, -0.2) is 10.9 Å². The minimum Gasteiger partial charge on any atom is -0.511 e. The predicted octanol–water partition coefficient (Wildman–Crippen LogP) is 3.87. The summed E-state index contributed by atoms with van der Waals surface area (Å²) in [6.45, 7) is 11.5. The molecule has 1 N–H and O–H groups in total. The van der Waals surface area contributed by atoms with Crippen molar-refractivity contribution in [3.05, 3.63) is 11.3 Å². The Bertz CT molecular complexity index is 252. The van der Waals surface area contributed by atoms with Crippen LogP contribution in [0.2, 0.25) is 0 Å². The van der Waals surface area contributed by atoms with E-state index >= 15 is 0 Å². The number of hydrogen-bond acceptors (Lipinski definition) is 2. The van der Waals surface area contributed by atoms with Crippen molar-refractivity contribution in [2.75, 3.05) is 0 Å². The Morgan fingerprint density at radius 1 is 1.20 bits per heavy atom. The molecule has 2 nitrogen and oxygen atoms in total. The van der Waals surface area contributed by atoms with Crippen LogP contribution in [0.5, 0.6) is 0 Å². The van der Waals surface area contributed by atoms with Gasteiger partial charge in [0.05, 0.1) is 0 Å². The Balaban J connectivity index is 4.99. The molecule has 0 aliphatic carbocycles. The summed E-state index contributed by atoms with van der Waals surface area (Å²) in [6.07, 6.45) is 1.67. The Morgan fingerprint density at radius 3 is 1.87 bits per heavy atom. The summed E-state index contributed by atoms with van der Waals surface area (Å²) >= 11 is 0. The molecule has 0 aromatic heterocycles. The zero-order valence-corrected chi connectivity index (χ0v) is 10.8. The van der Waals surface area contributed by atoms with Crippen LogP contribution in [0.15, 0.2) is 11.3 Å². The maximum atomic E-state index is 12.0. The van der Waals surface area contributed by atoms with Crippen molar-refractivity contribution in [1.29, 1.82) is 0 Å². The van der Waals surface area contributed by atoms with Crippen LogP contribution >= 0.6 is 0 Å². The van der Waals surface area contributed by atoms with Gasteiger partial charge in [-0.15, -0.1) is 0 Å². The molecule has 0 fully saturated rings. The van der Waals surface area contributed by atoms with Gasteiger partial charge in [-0.1, -0.05) is 34.6 Å². The molecule has 0 rings (SSSR count). The van der Waals surface area contributed by atoms with Crippen LogP contribution < -0.4 is 0 Å². The van der Waals surface area contributed by atoms with Gasteiger partial charge in [-0.3, -0.25) is 4.79 Å². The molecule has 0 bridgehead atoms. The summed E-state index contributed by atoms with van der Waals surface area (Å²) in [6, 6.07) is 0. The fourth-order valence-electron chi connectivity index (χ4n) is 1.64. The van der Waals surface area contributed by atoms with Crippen molar-refractivity contribution in [2.24, 2.45) is 11.3 Å². The van der Waals surface area contributed by atoms with E-state index in [4.69, 9.17) is 0 Å². The number of rotatable bonds is 4. The van der Waals surface area contributed by atoms with E-state index < -0.39 is 0 Å². The van der Waals surface area contributed by atoms with Crippen LogP contribution in [0.25, 0.3) is 0 Å². The molecule has 0 aliphatic rings. The van der Waals surface area contributed by atoms with Crippen molar-refractivity contribution in [3.8, 4) is 0 Å². The first-order valence-corrected chi connectivity index (χ1v) is 5.70. The highest BCUT2D eigenvalue weighted by Gasteiger charge is 2.24. The normalized spacial score (nSPS) is 14.1. The standard InChI is InChI=1S/C13H24O2/c1-7-10(8-2)11(14)9(3)12(15)13(4,5)6/h10,15H,7-8H2,1-6H3/b12-9-. The molecule has 0 atom stereocenters. The second kappa shape index (κ2) is 5.34. The predicted molar refractivity (Wildman–Crippen MR) is 63.9 cm³/mol. The Morgan fingerprint density at radius 2 is 1.60 bits per heavy atom. The van der Waals surface area contributed by atoms with Gasteiger partial charge in [0.2, 0.25) is 0 Å². The van der Waals surface area contributed by atoms with Gasteiger partial charge in [-0.05, 0) is 19.8 Å². The quantitative estimate of drug-likeness (QED) is 0.567. The summed E-state index contributed by atoms with van der Waals surface area (Å²) in [4.78, 5) is 12.0. The molecule has 15 heavy (non-hydrogen) atoms. The number of aliphatic hydroxyl groups excluding tert-OH is 1. The van der Waals surface area contributed by atoms with E-state index in [1.165, 1.54) is 0 Å². The highest BCUT2D eigenvalue weighted by atomic mass is 16.3. The molecule has 2 heteroatoms. The number of ketones is 1. The fourth-order valence-corrected chi connectivity index (χ4v) is 1.64. The van der Waals surface area contributed by atoms with Crippen molar-refractivity contribution >= 4 is 5.78 Å². The lowest BCUT2D eigenvalue weighted by molar-refractivity contribution is -0.119. The van der Waals surface area contributed by atoms with Crippen LogP contribution in [-0.2, 0) is 4.79 Å². The van der Waals surface area contributed by atoms with E-state index in [2.05, 4.69) is 0 Å². The van der Waals surface area contributed by atoms with Gasteiger partial charge in [0.15, 0.2) is 5.78 Å². The molecule has 0 aromatic rings. The Labute approximate surface area is 93.4 Å². The zero-order valence-electron chi connectivity index (χ0n) is 10.8. The number of hydrogen-bond donors (Lipinski definition) is 1. The van der Waals surface area contributed by atoms with Crippen LogP contribution in [0, 0.1) is 11.3 Å². The molecular weight excluding hydrogens is 188 g/mol. The molecule has 0 heterocycles. The molecule has 0 unspecified atom stereocenters. The van der Waals surface area contributed by atoms with Gasteiger partial charge in [0.1, 0.15) is 5.76 Å². The number of Topliss-reactive ketones (excluding diaryl/α,β-unsaturated/α-hetero) is 1. The highest BCUT2D eigenvalue weighted by molar-refractivity contribution is 5.97. The van der Waals surface area contributed by atoms with Gasteiger partial charge < -0.3 is 5.11 Å². The summed E-state index contributed by atoms with van der Waals surface area (Å²) < 4.78 is 0. The monoisotopic (exact) mass is 212 g/mol. The second-order valence-electron chi connectivity index (χ2n) is 5.10. The minimum absolute atomic E-state index is 0.0505. The van der Waals surface area contributed by atoms with E-state index in [1.54, 1.807) is 6.92 Å². The average molecular weight is 212 g/mol. The van der Waals surface area contributed by atoms with Crippen LogP contribution in [0.3, 0.4) is 0 Å². The fraction of sp³-hybridized carbons (Fsp3) is 0.769. The topological polar surface area (TPSA) is 37.3 Å². The van der Waals surface area contributed by atoms with E-state index in [-0.39, 0.29) is 22.9 Å². The van der Waals surface area contributed by atoms with E-state index in [0.29, 0.717) is 5.57 Å². The number of aliphatic hydroxyl groups is 1. The van der Waals surface area contributed by atoms with Crippen molar-refractivity contribution in [1.82, 2.24) is 0 Å². The summed E-state index contributed by atoms with van der Waals surface area (Å²) in [5.74, 6) is 0.362. The second-order valence-corrected chi connectivity index (χ2v) is 5.10. The molecule has 0 spiro atoms.